The standard InChI is InChI=1S/C15H23FN2O/c1-10-9-18(3)7-6-14(10)17-11(2)13-8-12(16)4-5-15(13)19/h4-5,8,10-11,14,17,19H,6-7,9H2,1-3H3. The van der Waals surface area contributed by atoms with E-state index in [-0.39, 0.29) is 17.6 Å². The van der Waals surface area contributed by atoms with E-state index in [1.165, 1.54) is 18.2 Å². The predicted octanol–water partition coefficient (Wildman–Crippen LogP) is 2.52. The topological polar surface area (TPSA) is 35.5 Å². The van der Waals surface area contributed by atoms with Crippen molar-refractivity contribution in [2.45, 2.75) is 32.4 Å². The molecule has 0 amide bonds. The van der Waals surface area contributed by atoms with E-state index in [0.717, 1.165) is 19.5 Å². The van der Waals surface area contributed by atoms with E-state index in [4.69, 9.17) is 0 Å². The van der Waals surface area contributed by atoms with Gasteiger partial charge in [-0.15, -0.1) is 0 Å². The molecule has 0 radical (unpaired) electrons. The number of nitrogens with zero attached hydrogens (tertiary/aromatic N) is 1. The summed E-state index contributed by atoms with van der Waals surface area (Å²) in [5.41, 5.74) is 0.631. The zero-order chi connectivity index (χ0) is 14.0. The lowest BCUT2D eigenvalue weighted by molar-refractivity contribution is 0.167. The van der Waals surface area contributed by atoms with Gasteiger partial charge in [0.1, 0.15) is 11.6 Å². The average Bonchev–Trinajstić information content (AvgIpc) is 2.35. The molecule has 0 bridgehead atoms. The van der Waals surface area contributed by atoms with Crippen molar-refractivity contribution in [2.24, 2.45) is 5.92 Å². The van der Waals surface area contributed by atoms with Crippen LogP contribution in [0.3, 0.4) is 0 Å². The molecule has 4 heteroatoms. The van der Waals surface area contributed by atoms with E-state index in [1.807, 2.05) is 6.92 Å². The Kier molecular flexibility index (Phi) is 4.42. The summed E-state index contributed by atoms with van der Waals surface area (Å²) in [6.45, 7) is 6.34. The number of phenolic OH excluding ortho intramolecular Hbond substituents is 1. The fraction of sp³-hybridized carbons (Fsp3) is 0.600. The molecule has 0 aromatic heterocycles. The summed E-state index contributed by atoms with van der Waals surface area (Å²) in [5, 5.41) is 13.3. The number of aromatic hydroxyl groups is 1. The lowest BCUT2D eigenvalue weighted by Gasteiger charge is -2.37. The molecule has 1 aromatic carbocycles. The van der Waals surface area contributed by atoms with Gasteiger partial charge in [0.25, 0.3) is 0 Å². The zero-order valence-electron chi connectivity index (χ0n) is 11.9. The monoisotopic (exact) mass is 266 g/mol. The second kappa shape index (κ2) is 5.88. The summed E-state index contributed by atoms with van der Waals surface area (Å²) in [6.07, 6.45) is 1.08. The fourth-order valence-corrected chi connectivity index (χ4v) is 2.88. The molecule has 0 saturated carbocycles. The summed E-state index contributed by atoms with van der Waals surface area (Å²) in [7, 11) is 2.13. The molecule has 3 atom stereocenters. The third-order valence-corrected chi connectivity index (χ3v) is 4.03. The van der Waals surface area contributed by atoms with Crippen LogP contribution in [-0.2, 0) is 0 Å². The Morgan fingerprint density at radius 1 is 1.47 bits per heavy atom. The number of halogens is 1. The highest BCUT2D eigenvalue weighted by Gasteiger charge is 2.26. The number of nitrogens with one attached hydrogen (secondary N) is 1. The first-order valence-electron chi connectivity index (χ1n) is 6.90. The average molecular weight is 266 g/mol. The van der Waals surface area contributed by atoms with Crippen molar-refractivity contribution in [3.8, 4) is 5.75 Å². The van der Waals surface area contributed by atoms with Gasteiger partial charge in [0.05, 0.1) is 0 Å². The van der Waals surface area contributed by atoms with Gasteiger partial charge in [-0.1, -0.05) is 6.92 Å². The molecule has 2 N–H and O–H groups in total. The first-order valence-corrected chi connectivity index (χ1v) is 6.90. The molecule has 1 aliphatic rings. The third-order valence-electron chi connectivity index (χ3n) is 4.03. The second-order valence-corrected chi connectivity index (χ2v) is 5.73. The van der Waals surface area contributed by atoms with Crippen molar-refractivity contribution >= 4 is 0 Å². The maximum absolute atomic E-state index is 13.3. The van der Waals surface area contributed by atoms with Crippen LogP contribution < -0.4 is 5.32 Å². The lowest BCUT2D eigenvalue weighted by Crippen LogP contribution is -2.47. The Bertz CT molecular complexity index is 438. The van der Waals surface area contributed by atoms with Crippen LogP contribution in [0.15, 0.2) is 18.2 Å². The largest absolute Gasteiger partial charge is 0.508 e. The van der Waals surface area contributed by atoms with Gasteiger partial charge in [0, 0.05) is 24.2 Å². The van der Waals surface area contributed by atoms with Gasteiger partial charge in [-0.3, -0.25) is 0 Å². The number of likely N-dealkylation sites (tertiary alicyclic amines) is 1. The van der Waals surface area contributed by atoms with Gasteiger partial charge in [-0.05, 0) is 51.1 Å². The fourth-order valence-electron chi connectivity index (χ4n) is 2.88. The van der Waals surface area contributed by atoms with Crippen LogP contribution in [0.5, 0.6) is 5.75 Å². The van der Waals surface area contributed by atoms with Gasteiger partial charge in [-0.25, -0.2) is 4.39 Å². The van der Waals surface area contributed by atoms with E-state index in [2.05, 4.69) is 24.2 Å². The van der Waals surface area contributed by atoms with E-state index in [0.29, 0.717) is 17.5 Å². The van der Waals surface area contributed by atoms with Gasteiger partial charge < -0.3 is 15.3 Å². The Morgan fingerprint density at radius 3 is 2.89 bits per heavy atom. The molecule has 1 aliphatic heterocycles. The van der Waals surface area contributed by atoms with Crippen LogP contribution in [0.25, 0.3) is 0 Å². The van der Waals surface area contributed by atoms with E-state index in [1.54, 1.807) is 0 Å². The molecule has 1 heterocycles. The van der Waals surface area contributed by atoms with Crippen molar-refractivity contribution in [3.05, 3.63) is 29.6 Å². The quantitative estimate of drug-likeness (QED) is 0.882. The number of hydrogen-bond acceptors (Lipinski definition) is 3. The molecular formula is C15H23FN2O. The molecule has 2 rings (SSSR count). The molecule has 106 valence electrons. The molecule has 0 aliphatic carbocycles. The Hall–Kier alpha value is -1.13. The molecule has 3 nitrogen and oxygen atoms in total. The van der Waals surface area contributed by atoms with Gasteiger partial charge >= 0.3 is 0 Å². The molecule has 3 unspecified atom stereocenters. The van der Waals surface area contributed by atoms with Crippen LogP contribution in [0.2, 0.25) is 0 Å². The Labute approximate surface area is 114 Å². The number of rotatable bonds is 3. The summed E-state index contributed by atoms with van der Waals surface area (Å²) < 4.78 is 13.3. The van der Waals surface area contributed by atoms with Crippen molar-refractivity contribution in [1.82, 2.24) is 10.2 Å². The maximum atomic E-state index is 13.3. The molecule has 1 aromatic rings. The minimum Gasteiger partial charge on any atom is -0.508 e. The number of benzene rings is 1. The molecule has 0 spiro atoms. The van der Waals surface area contributed by atoms with E-state index < -0.39 is 0 Å². The van der Waals surface area contributed by atoms with Crippen LogP contribution in [0, 0.1) is 11.7 Å². The van der Waals surface area contributed by atoms with E-state index >= 15 is 0 Å². The lowest BCUT2D eigenvalue weighted by atomic mass is 9.92. The third kappa shape index (κ3) is 3.45. The highest BCUT2D eigenvalue weighted by Crippen LogP contribution is 2.27. The van der Waals surface area contributed by atoms with Crippen LogP contribution in [0.1, 0.15) is 31.9 Å². The SMILES string of the molecule is CC(NC1CCN(C)CC1C)c1cc(F)ccc1O. The normalized spacial score (nSPS) is 26.3. The maximum Gasteiger partial charge on any atom is 0.123 e. The predicted molar refractivity (Wildman–Crippen MR) is 74.7 cm³/mol. The van der Waals surface area contributed by atoms with Crippen LogP contribution in [0.4, 0.5) is 4.39 Å². The summed E-state index contributed by atoms with van der Waals surface area (Å²) in [5.74, 6) is 0.400. The summed E-state index contributed by atoms with van der Waals surface area (Å²) in [4.78, 5) is 2.33. The van der Waals surface area contributed by atoms with Gasteiger partial charge in [0.2, 0.25) is 0 Å². The van der Waals surface area contributed by atoms with Crippen LogP contribution >= 0.6 is 0 Å². The van der Waals surface area contributed by atoms with E-state index in [9.17, 15) is 9.50 Å². The van der Waals surface area contributed by atoms with Crippen molar-refractivity contribution in [2.75, 3.05) is 20.1 Å². The first kappa shape index (κ1) is 14.3. The van der Waals surface area contributed by atoms with Gasteiger partial charge in [0.15, 0.2) is 0 Å². The summed E-state index contributed by atoms with van der Waals surface area (Å²) >= 11 is 0. The smallest absolute Gasteiger partial charge is 0.123 e. The number of hydrogen-bond donors (Lipinski definition) is 2. The van der Waals surface area contributed by atoms with Crippen molar-refractivity contribution in [3.63, 3.8) is 0 Å². The number of phenols is 1. The molecule has 19 heavy (non-hydrogen) atoms. The highest BCUT2D eigenvalue weighted by atomic mass is 19.1. The first-order chi connectivity index (χ1) is 8.97. The second-order valence-electron chi connectivity index (χ2n) is 5.73. The summed E-state index contributed by atoms with van der Waals surface area (Å²) in [6, 6.07) is 4.47. The highest BCUT2D eigenvalue weighted by molar-refractivity contribution is 5.34. The van der Waals surface area contributed by atoms with Gasteiger partial charge in [-0.2, -0.15) is 0 Å². The minimum absolute atomic E-state index is 0.0495. The molecular weight excluding hydrogens is 243 g/mol. The Balaban J connectivity index is 2.04. The zero-order valence-corrected chi connectivity index (χ0v) is 11.9. The number of piperidine rings is 1. The molecule has 1 fully saturated rings. The minimum atomic E-state index is -0.308. The van der Waals surface area contributed by atoms with Crippen LogP contribution in [-0.4, -0.2) is 36.2 Å². The van der Waals surface area contributed by atoms with Crippen molar-refractivity contribution in [1.29, 1.82) is 0 Å². The van der Waals surface area contributed by atoms with Crippen molar-refractivity contribution < 1.29 is 9.50 Å². The Morgan fingerprint density at radius 2 is 2.21 bits per heavy atom. The molecule has 1 saturated heterocycles.